The molecule has 11 heteroatoms. The lowest BCUT2D eigenvalue weighted by Gasteiger charge is -2.38. The molecule has 0 spiro atoms. The summed E-state index contributed by atoms with van der Waals surface area (Å²) in [4.78, 5) is 49.8. The molecule has 1 fully saturated rings. The Morgan fingerprint density at radius 1 is 1.00 bits per heavy atom. The smallest absolute Gasteiger partial charge is 0.339 e. The molecular weight excluding hydrogens is 570 g/mol. The minimum atomic E-state index is -0.445. The van der Waals surface area contributed by atoms with Crippen LogP contribution in [0.3, 0.4) is 0 Å². The number of fused-ring (bicyclic) bond motifs is 1. The van der Waals surface area contributed by atoms with Crippen molar-refractivity contribution in [2.75, 3.05) is 31.3 Å². The standard InChI is InChI=1S/C34H33N7O4/c1-38(30(43)12-7-19-41(2,45)28-17-18-28)26-10-6-11-27(21-26)40-33-31(32(35)36-22-37-33)39(34(40)44)25-15-13-24(14-16-25)29(42)20-23-8-4-3-5-9-23/h3-16,21-22,28H,17-20H2,1-2H3,(H2,35,36,37)/b12-7+. The van der Waals surface area contributed by atoms with Crippen LogP contribution in [0.2, 0.25) is 0 Å². The van der Waals surface area contributed by atoms with Crippen molar-refractivity contribution in [3.63, 3.8) is 0 Å². The van der Waals surface area contributed by atoms with Gasteiger partial charge in [-0.05, 0) is 54.1 Å². The number of hydroxylamine groups is 3. The van der Waals surface area contributed by atoms with Crippen LogP contribution in [0.15, 0.2) is 102 Å². The molecule has 1 amide bonds. The number of carbonyl (C=O) groups excluding carboxylic acids is 2. The van der Waals surface area contributed by atoms with Gasteiger partial charge < -0.3 is 20.5 Å². The predicted octanol–water partition coefficient (Wildman–Crippen LogP) is 4.20. The highest BCUT2D eigenvalue weighted by Crippen LogP contribution is 2.31. The van der Waals surface area contributed by atoms with Crippen molar-refractivity contribution in [1.82, 2.24) is 19.1 Å². The molecular formula is C34H33N7O4. The van der Waals surface area contributed by atoms with E-state index in [0.29, 0.717) is 28.1 Å². The normalized spacial score (nSPS) is 14.5. The topological polar surface area (TPSA) is 139 Å². The molecule has 2 heterocycles. The number of ketones is 1. The predicted molar refractivity (Wildman–Crippen MR) is 173 cm³/mol. The van der Waals surface area contributed by atoms with Crippen LogP contribution < -0.4 is 16.3 Å². The molecule has 0 saturated heterocycles. The molecule has 0 bridgehead atoms. The van der Waals surface area contributed by atoms with Crippen molar-refractivity contribution < 1.29 is 14.2 Å². The van der Waals surface area contributed by atoms with Gasteiger partial charge in [0.25, 0.3) is 5.91 Å². The maximum absolute atomic E-state index is 14.0. The highest BCUT2D eigenvalue weighted by molar-refractivity contribution is 6.01. The van der Waals surface area contributed by atoms with Gasteiger partial charge in [0.15, 0.2) is 17.2 Å². The van der Waals surface area contributed by atoms with Gasteiger partial charge in [-0.3, -0.25) is 14.2 Å². The maximum Gasteiger partial charge on any atom is 0.339 e. The molecule has 2 aromatic heterocycles. The molecule has 3 aromatic carbocycles. The lowest BCUT2D eigenvalue weighted by atomic mass is 10.0. The number of hydrogen-bond donors (Lipinski definition) is 1. The van der Waals surface area contributed by atoms with Gasteiger partial charge in [0.1, 0.15) is 11.8 Å². The van der Waals surface area contributed by atoms with Crippen molar-refractivity contribution in [3.8, 4) is 11.4 Å². The molecule has 45 heavy (non-hydrogen) atoms. The van der Waals surface area contributed by atoms with Crippen LogP contribution in [0.4, 0.5) is 11.5 Å². The first-order valence-corrected chi connectivity index (χ1v) is 14.7. The zero-order chi connectivity index (χ0) is 31.7. The SMILES string of the molecule is CN(C(=O)/C=C/C[N+](C)([O-])C1CC1)c1cccc(-n2c(=O)n(-c3ccc(C(=O)Cc4ccccc4)cc3)c3c(N)ncnc32)c1. The molecule has 1 aliphatic carbocycles. The summed E-state index contributed by atoms with van der Waals surface area (Å²) in [7, 11) is 3.26. The van der Waals surface area contributed by atoms with Crippen molar-refractivity contribution in [2.45, 2.75) is 25.3 Å². The number of hydrogen-bond acceptors (Lipinski definition) is 7. The summed E-state index contributed by atoms with van der Waals surface area (Å²) in [6, 6.07) is 23.3. The Hall–Kier alpha value is -5.39. The number of nitrogens with two attached hydrogens (primary N) is 1. The van der Waals surface area contributed by atoms with Gasteiger partial charge in [0.05, 0.1) is 31.0 Å². The number of rotatable bonds is 10. The lowest BCUT2D eigenvalue weighted by molar-refractivity contribution is -0.865. The molecule has 1 aliphatic rings. The Bertz CT molecular complexity index is 1970. The minimum Gasteiger partial charge on any atom is -0.633 e. The lowest BCUT2D eigenvalue weighted by Crippen LogP contribution is -2.40. The molecule has 0 radical (unpaired) electrons. The summed E-state index contributed by atoms with van der Waals surface area (Å²) in [6.45, 7) is 0.225. The third-order valence-electron chi connectivity index (χ3n) is 8.16. The van der Waals surface area contributed by atoms with Crippen molar-refractivity contribution in [3.05, 3.63) is 124 Å². The average molecular weight is 604 g/mol. The third-order valence-corrected chi connectivity index (χ3v) is 8.16. The van der Waals surface area contributed by atoms with Crippen LogP contribution in [-0.2, 0) is 11.2 Å². The number of amides is 1. The van der Waals surface area contributed by atoms with E-state index in [4.69, 9.17) is 5.73 Å². The Balaban J connectivity index is 1.31. The third kappa shape index (κ3) is 6.03. The second-order valence-electron chi connectivity index (χ2n) is 11.4. The molecule has 11 nitrogen and oxygen atoms in total. The van der Waals surface area contributed by atoms with Gasteiger partial charge in [0.2, 0.25) is 0 Å². The van der Waals surface area contributed by atoms with Crippen LogP contribution in [0.25, 0.3) is 22.5 Å². The van der Waals surface area contributed by atoms with Gasteiger partial charge in [-0.1, -0.05) is 36.4 Å². The first kappa shape index (κ1) is 29.7. The quantitative estimate of drug-likeness (QED) is 0.109. The Morgan fingerprint density at radius 3 is 2.44 bits per heavy atom. The number of nitrogens with zero attached hydrogens (tertiary/aromatic N) is 6. The summed E-state index contributed by atoms with van der Waals surface area (Å²) in [5.41, 5.74) is 9.37. The molecule has 0 aliphatic heterocycles. The number of anilines is 2. The fourth-order valence-corrected chi connectivity index (χ4v) is 5.41. The van der Waals surface area contributed by atoms with Crippen LogP contribution in [-0.4, -0.2) is 62.1 Å². The fourth-order valence-electron chi connectivity index (χ4n) is 5.41. The summed E-state index contributed by atoms with van der Waals surface area (Å²) >= 11 is 0. The van der Waals surface area contributed by atoms with Gasteiger partial charge in [-0.15, -0.1) is 0 Å². The average Bonchev–Trinajstić information content (AvgIpc) is 3.86. The van der Waals surface area contributed by atoms with Crippen LogP contribution in [0.1, 0.15) is 28.8 Å². The monoisotopic (exact) mass is 603 g/mol. The number of Topliss-reactive ketones (excluding diaryl/α,β-unsaturated/α-hetero) is 1. The number of benzene rings is 3. The number of carbonyl (C=O) groups is 2. The fraction of sp³-hybridized carbons (Fsp3) is 0.206. The van der Waals surface area contributed by atoms with Crippen LogP contribution in [0, 0.1) is 5.21 Å². The van der Waals surface area contributed by atoms with Crippen molar-refractivity contribution >= 4 is 34.4 Å². The Morgan fingerprint density at radius 2 is 1.73 bits per heavy atom. The first-order chi connectivity index (χ1) is 21.6. The maximum atomic E-state index is 14.0. The van der Waals surface area contributed by atoms with E-state index in [1.54, 1.807) is 68.7 Å². The van der Waals surface area contributed by atoms with E-state index >= 15 is 0 Å². The Labute approximate surface area is 259 Å². The number of aromatic nitrogens is 4. The molecule has 1 saturated carbocycles. The molecule has 228 valence electrons. The summed E-state index contributed by atoms with van der Waals surface area (Å²) in [5.74, 6) is -0.227. The van der Waals surface area contributed by atoms with Crippen molar-refractivity contribution in [2.24, 2.45) is 0 Å². The number of quaternary nitrogens is 1. The second kappa shape index (κ2) is 11.9. The van der Waals surface area contributed by atoms with Gasteiger partial charge in [-0.25, -0.2) is 19.3 Å². The molecule has 5 aromatic rings. The largest absolute Gasteiger partial charge is 0.633 e. The van der Waals surface area contributed by atoms with Gasteiger partial charge in [-0.2, -0.15) is 0 Å². The van der Waals surface area contributed by atoms with E-state index in [1.165, 1.54) is 26.4 Å². The Kier molecular flexibility index (Phi) is 7.88. The van der Waals surface area contributed by atoms with Crippen LogP contribution in [0.5, 0.6) is 0 Å². The number of imidazole rings is 1. The number of nitrogen functional groups attached to an aromatic ring is 1. The van der Waals surface area contributed by atoms with E-state index in [-0.39, 0.29) is 46.8 Å². The summed E-state index contributed by atoms with van der Waals surface area (Å²) < 4.78 is 2.45. The van der Waals surface area contributed by atoms with E-state index < -0.39 is 5.69 Å². The molecule has 6 rings (SSSR count). The molecule has 1 unspecified atom stereocenters. The molecule has 2 N–H and O–H groups in total. The summed E-state index contributed by atoms with van der Waals surface area (Å²) in [6.07, 6.45) is 6.41. The zero-order valence-corrected chi connectivity index (χ0v) is 25.0. The second-order valence-corrected chi connectivity index (χ2v) is 11.4. The van der Waals surface area contributed by atoms with Crippen molar-refractivity contribution in [1.29, 1.82) is 0 Å². The highest BCUT2D eigenvalue weighted by Gasteiger charge is 2.34. The van der Waals surface area contributed by atoms with Crippen LogP contribution >= 0.6 is 0 Å². The number of likely N-dealkylation sites (N-methyl/N-ethyl adjacent to an activating group) is 2. The van der Waals surface area contributed by atoms with E-state index in [9.17, 15) is 19.6 Å². The zero-order valence-electron chi connectivity index (χ0n) is 25.0. The summed E-state index contributed by atoms with van der Waals surface area (Å²) in [5, 5.41) is 12.6. The van der Waals surface area contributed by atoms with E-state index in [0.717, 1.165) is 18.4 Å². The highest BCUT2D eigenvalue weighted by atomic mass is 16.5. The van der Waals surface area contributed by atoms with Gasteiger partial charge in [0, 0.05) is 43.6 Å². The molecule has 1 atom stereocenters. The van der Waals surface area contributed by atoms with E-state index in [2.05, 4.69) is 9.97 Å². The minimum absolute atomic E-state index is 0.0419. The van der Waals surface area contributed by atoms with Gasteiger partial charge >= 0.3 is 5.69 Å². The first-order valence-electron chi connectivity index (χ1n) is 14.7. The van der Waals surface area contributed by atoms with E-state index in [1.807, 2.05) is 30.3 Å².